The van der Waals surface area contributed by atoms with Gasteiger partial charge in [-0.2, -0.15) is 0 Å². The molecule has 2 aliphatic carbocycles. The highest BCUT2D eigenvalue weighted by Crippen LogP contribution is 2.71. The Balaban J connectivity index is 1.87. The fourth-order valence-corrected chi connectivity index (χ4v) is 7.04. The van der Waals surface area contributed by atoms with E-state index in [1.54, 1.807) is 11.1 Å². The normalized spacial score (nSPS) is 23.3. The van der Waals surface area contributed by atoms with Gasteiger partial charge < -0.3 is 0 Å². The van der Waals surface area contributed by atoms with Crippen molar-refractivity contribution < 1.29 is 0 Å². The lowest BCUT2D eigenvalue weighted by Crippen LogP contribution is -2.31. The molecule has 2 unspecified atom stereocenters. The van der Waals surface area contributed by atoms with Gasteiger partial charge in [0.15, 0.2) is 0 Å². The topological polar surface area (TPSA) is 0 Å². The molecule has 0 heterocycles. The first-order chi connectivity index (χ1) is 14.9. The fraction of sp³-hybridized carbons (Fsp3) is 0.267. The lowest BCUT2D eigenvalue weighted by Gasteiger charge is -2.37. The van der Waals surface area contributed by atoms with Crippen LogP contribution < -0.4 is 0 Å². The number of benzene rings is 4. The SMILES string of the molecule is CC12CCC(c3c1c(-c1ccccc1)c1cc(Br)ccc1c3-c1ccccc1)C2(C)C. The van der Waals surface area contributed by atoms with E-state index in [2.05, 4.69) is 116 Å². The molecule has 1 saturated carbocycles. The van der Waals surface area contributed by atoms with Crippen LogP contribution in [0.5, 0.6) is 0 Å². The lowest BCUT2D eigenvalue weighted by atomic mass is 9.67. The Kier molecular flexibility index (Phi) is 4.09. The van der Waals surface area contributed by atoms with Crippen LogP contribution in [0.1, 0.15) is 50.7 Å². The second-order valence-electron chi connectivity index (χ2n) is 10.1. The van der Waals surface area contributed by atoms with Crippen molar-refractivity contribution in [3.8, 4) is 22.3 Å². The number of hydrogen-bond donors (Lipinski definition) is 0. The lowest BCUT2D eigenvalue weighted by molar-refractivity contribution is 0.231. The van der Waals surface area contributed by atoms with Gasteiger partial charge in [0, 0.05) is 4.47 Å². The second kappa shape index (κ2) is 6.56. The van der Waals surface area contributed by atoms with Crippen LogP contribution in [0, 0.1) is 5.41 Å². The Morgan fingerprint density at radius 2 is 1.35 bits per heavy atom. The summed E-state index contributed by atoms with van der Waals surface area (Å²) in [5.41, 5.74) is 9.23. The van der Waals surface area contributed by atoms with Crippen LogP contribution in [0.15, 0.2) is 83.3 Å². The second-order valence-corrected chi connectivity index (χ2v) is 11.0. The molecule has 0 amide bonds. The van der Waals surface area contributed by atoms with E-state index in [1.165, 1.54) is 45.9 Å². The molecule has 2 aliphatic rings. The van der Waals surface area contributed by atoms with Gasteiger partial charge in [-0.3, -0.25) is 0 Å². The van der Waals surface area contributed by atoms with Crippen LogP contribution in [0.2, 0.25) is 0 Å². The maximum Gasteiger partial charge on any atom is 0.0181 e. The smallest absolute Gasteiger partial charge is 0.0181 e. The summed E-state index contributed by atoms with van der Waals surface area (Å²) in [6.07, 6.45) is 2.55. The van der Waals surface area contributed by atoms with Crippen molar-refractivity contribution in [3.63, 3.8) is 0 Å². The van der Waals surface area contributed by atoms with Crippen LogP contribution in [0.4, 0.5) is 0 Å². The molecule has 2 bridgehead atoms. The van der Waals surface area contributed by atoms with Crippen molar-refractivity contribution in [1.82, 2.24) is 0 Å². The molecule has 154 valence electrons. The first-order valence-corrected chi connectivity index (χ1v) is 12.1. The summed E-state index contributed by atoms with van der Waals surface area (Å²) in [6.45, 7) is 7.55. The summed E-state index contributed by atoms with van der Waals surface area (Å²) < 4.78 is 1.14. The zero-order chi connectivity index (χ0) is 21.4. The van der Waals surface area contributed by atoms with Gasteiger partial charge in [0.25, 0.3) is 0 Å². The summed E-state index contributed by atoms with van der Waals surface area (Å²) in [6, 6.07) is 29.0. The molecule has 1 fully saturated rings. The first kappa shape index (κ1) is 19.3. The van der Waals surface area contributed by atoms with E-state index in [9.17, 15) is 0 Å². The maximum atomic E-state index is 3.78. The summed E-state index contributed by atoms with van der Waals surface area (Å²) >= 11 is 3.78. The Hall–Kier alpha value is -2.38. The molecule has 4 aromatic rings. The first-order valence-electron chi connectivity index (χ1n) is 11.3. The average Bonchev–Trinajstić information content (AvgIpc) is 3.11. The molecule has 0 N–H and O–H groups in total. The van der Waals surface area contributed by atoms with E-state index in [1.807, 2.05) is 0 Å². The highest BCUT2D eigenvalue weighted by molar-refractivity contribution is 9.10. The van der Waals surface area contributed by atoms with E-state index >= 15 is 0 Å². The van der Waals surface area contributed by atoms with E-state index in [0.29, 0.717) is 5.92 Å². The molecule has 0 spiro atoms. The predicted octanol–water partition coefficient (Wildman–Crippen LogP) is 9.11. The molecule has 4 aromatic carbocycles. The molecular formula is C30H27Br. The van der Waals surface area contributed by atoms with Gasteiger partial charge in [-0.25, -0.2) is 0 Å². The van der Waals surface area contributed by atoms with E-state index in [-0.39, 0.29) is 10.8 Å². The number of hydrogen-bond acceptors (Lipinski definition) is 0. The third kappa shape index (κ3) is 2.47. The molecule has 0 aromatic heterocycles. The van der Waals surface area contributed by atoms with Gasteiger partial charge in [0.2, 0.25) is 0 Å². The molecule has 2 atom stereocenters. The molecule has 0 radical (unpaired) electrons. The zero-order valence-corrected chi connectivity index (χ0v) is 20.0. The Bertz CT molecular complexity index is 1320. The van der Waals surface area contributed by atoms with E-state index in [4.69, 9.17) is 0 Å². The summed E-state index contributed by atoms with van der Waals surface area (Å²) in [5, 5.41) is 2.74. The zero-order valence-electron chi connectivity index (χ0n) is 18.4. The molecule has 1 heteroatoms. The van der Waals surface area contributed by atoms with Crippen molar-refractivity contribution >= 4 is 26.7 Å². The van der Waals surface area contributed by atoms with E-state index in [0.717, 1.165) is 4.47 Å². The largest absolute Gasteiger partial charge is 0.0622 e. The summed E-state index contributed by atoms with van der Waals surface area (Å²) in [7, 11) is 0. The third-order valence-electron chi connectivity index (χ3n) is 8.56. The maximum absolute atomic E-state index is 3.78. The van der Waals surface area contributed by atoms with Gasteiger partial charge >= 0.3 is 0 Å². The van der Waals surface area contributed by atoms with Crippen LogP contribution in [0.3, 0.4) is 0 Å². The summed E-state index contributed by atoms with van der Waals surface area (Å²) in [4.78, 5) is 0. The minimum Gasteiger partial charge on any atom is -0.0622 e. The molecule has 6 rings (SSSR count). The van der Waals surface area contributed by atoms with Crippen LogP contribution >= 0.6 is 15.9 Å². The Morgan fingerprint density at radius 3 is 2.00 bits per heavy atom. The minimum atomic E-state index is 0.179. The Labute approximate surface area is 193 Å². The number of fused-ring (bicyclic) bond motifs is 6. The molecule has 0 aliphatic heterocycles. The van der Waals surface area contributed by atoms with Gasteiger partial charge in [0.05, 0.1) is 0 Å². The van der Waals surface area contributed by atoms with Gasteiger partial charge in [-0.15, -0.1) is 0 Å². The molecule has 31 heavy (non-hydrogen) atoms. The van der Waals surface area contributed by atoms with Crippen molar-refractivity contribution in [1.29, 1.82) is 0 Å². The summed E-state index contributed by atoms with van der Waals surface area (Å²) in [5.74, 6) is 0.596. The average molecular weight is 467 g/mol. The standard InChI is InChI=1S/C30H27Br/c1-29(2)24-16-17-30(29,3)28-26(20-12-8-5-9-13-20)23-18-21(31)14-15-22(23)25(27(24)28)19-10-6-4-7-11-19/h4-15,18,24H,16-17H2,1-3H3. The highest BCUT2D eigenvalue weighted by Gasteiger charge is 2.61. The fourth-order valence-electron chi connectivity index (χ4n) is 6.68. The number of rotatable bonds is 2. The van der Waals surface area contributed by atoms with Crippen LogP contribution in [0.25, 0.3) is 33.0 Å². The third-order valence-corrected chi connectivity index (χ3v) is 9.05. The molecular weight excluding hydrogens is 440 g/mol. The number of halogens is 1. The monoisotopic (exact) mass is 466 g/mol. The van der Waals surface area contributed by atoms with Gasteiger partial charge in [0.1, 0.15) is 0 Å². The Morgan fingerprint density at radius 1 is 0.742 bits per heavy atom. The van der Waals surface area contributed by atoms with Gasteiger partial charge in [-0.1, -0.05) is 103 Å². The van der Waals surface area contributed by atoms with Crippen molar-refractivity contribution in [2.75, 3.05) is 0 Å². The van der Waals surface area contributed by atoms with Crippen LogP contribution in [-0.2, 0) is 5.41 Å². The predicted molar refractivity (Wildman–Crippen MR) is 136 cm³/mol. The highest BCUT2D eigenvalue weighted by atomic mass is 79.9. The van der Waals surface area contributed by atoms with E-state index < -0.39 is 0 Å². The minimum absolute atomic E-state index is 0.179. The van der Waals surface area contributed by atoms with Gasteiger partial charge in [-0.05, 0) is 85.9 Å². The van der Waals surface area contributed by atoms with Crippen LogP contribution in [-0.4, -0.2) is 0 Å². The molecule has 0 saturated heterocycles. The van der Waals surface area contributed by atoms with Crippen molar-refractivity contribution in [2.24, 2.45) is 5.41 Å². The van der Waals surface area contributed by atoms with Crippen molar-refractivity contribution in [2.45, 2.75) is 44.9 Å². The molecule has 0 nitrogen and oxygen atoms in total. The van der Waals surface area contributed by atoms with Crippen molar-refractivity contribution in [3.05, 3.63) is 94.5 Å². The quantitative estimate of drug-likeness (QED) is 0.276.